The fourth-order valence-electron chi connectivity index (χ4n) is 1.82. The molecule has 0 unspecified atom stereocenters. The van der Waals surface area contributed by atoms with Crippen LogP contribution in [0.4, 0.5) is 0 Å². The number of carbonyl (C=O) groups is 1. The van der Waals surface area contributed by atoms with Crippen LogP contribution < -0.4 is 11.1 Å². The van der Waals surface area contributed by atoms with E-state index < -0.39 is 0 Å². The maximum absolute atomic E-state index is 12.0. The first-order chi connectivity index (χ1) is 9.54. The summed E-state index contributed by atoms with van der Waals surface area (Å²) in [6, 6.07) is 1.90. The summed E-state index contributed by atoms with van der Waals surface area (Å²) in [6.45, 7) is 7.49. The number of hydrogen-bond acceptors (Lipinski definition) is 3. The number of nitrogens with one attached hydrogen (secondary N) is 1. The van der Waals surface area contributed by atoms with Gasteiger partial charge in [-0.1, -0.05) is 38.5 Å². The lowest BCUT2D eigenvalue weighted by atomic mass is 10.1. The molecule has 0 aliphatic carbocycles. The van der Waals surface area contributed by atoms with Crippen molar-refractivity contribution in [2.75, 3.05) is 13.1 Å². The van der Waals surface area contributed by atoms with Crippen LogP contribution in [0.2, 0.25) is 0 Å². The van der Waals surface area contributed by atoms with Crippen LogP contribution in [-0.2, 0) is 0 Å². The quantitative estimate of drug-likeness (QED) is 0.625. The summed E-state index contributed by atoms with van der Waals surface area (Å²) in [6.07, 6.45) is 3.41. The number of amides is 1. The van der Waals surface area contributed by atoms with Gasteiger partial charge < -0.3 is 11.1 Å². The van der Waals surface area contributed by atoms with Gasteiger partial charge in [-0.05, 0) is 30.9 Å². The third-order valence-corrected chi connectivity index (χ3v) is 4.09. The van der Waals surface area contributed by atoms with Crippen LogP contribution in [0.5, 0.6) is 0 Å². The van der Waals surface area contributed by atoms with Gasteiger partial charge in [0.25, 0.3) is 5.91 Å². The minimum atomic E-state index is 0.00319. The summed E-state index contributed by atoms with van der Waals surface area (Å²) in [7, 11) is 0. The van der Waals surface area contributed by atoms with E-state index in [0.29, 0.717) is 6.54 Å². The topological polar surface area (TPSA) is 55.1 Å². The molecule has 1 amide bonds. The predicted octanol–water partition coefficient (Wildman–Crippen LogP) is 2.92. The van der Waals surface area contributed by atoms with Crippen molar-refractivity contribution in [2.45, 2.75) is 40.0 Å². The van der Waals surface area contributed by atoms with Crippen molar-refractivity contribution in [1.82, 2.24) is 5.32 Å². The molecule has 1 rings (SSSR count). The van der Waals surface area contributed by atoms with Gasteiger partial charge in [-0.3, -0.25) is 4.79 Å². The maximum atomic E-state index is 12.0. The molecule has 0 saturated heterocycles. The maximum Gasteiger partial charge on any atom is 0.261 e. The van der Waals surface area contributed by atoms with Crippen LogP contribution in [-0.4, -0.2) is 19.0 Å². The first-order valence-electron chi connectivity index (χ1n) is 7.12. The van der Waals surface area contributed by atoms with E-state index in [1.807, 2.05) is 13.0 Å². The van der Waals surface area contributed by atoms with Gasteiger partial charge in [0.15, 0.2) is 0 Å². The van der Waals surface area contributed by atoms with Gasteiger partial charge in [0.05, 0.1) is 16.3 Å². The van der Waals surface area contributed by atoms with Crippen molar-refractivity contribution in [1.29, 1.82) is 0 Å². The average Bonchev–Trinajstić information content (AvgIpc) is 2.77. The molecule has 3 nitrogen and oxygen atoms in total. The summed E-state index contributed by atoms with van der Waals surface area (Å²) < 4.78 is 0. The number of carbonyl (C=O) groups excluding carboxylic acids is 1. The molecule has 1 aromatic rings. The highest BCUT2D eigenvalue weighted by molar-refractivity contribution is 7.14. The van der Waals surface area contributed by atoms with E-state index in [1.165, 1.54) is 17.8 Å². The van der Waals surface area contributed by atoms with Crippen LogP contribution in [0.25, 0.3) is 0 Å². The normalized spacial score (nSPS) is 10.2. The van der Waals surface area contributed by atoms with E-state index in [4.69, 9.17) is 5.73 Å². The molecule has 110 valence electrons. The van der Waals surface area contributed by atoms with Crippen molar-refractivity contribution in [3.05, 3.63) is 21.4 Å². The Morgan fingerprint density at radius 3 is 2.85 bits per heavy atom. The molecule has 0 aliphatic rings. The Bertz CT molecular complexity index is 494. The fraction of sp³-hybridized carbons (Fsp3) is 0.562. The standard InChI is InChI=1S/C16H24N2OS/c1-12(2)7-4-5-10-18-16(19)15-11-13(3)14(20-15)8-6-9-17/h11-12H,4-5,7,9-10,17H2,1-3H3,(H,18,19). The van der Waals surface area contributed by atoms with Crippen molar-refractivity contribution in [3.63, 3.8) is 0 Å². The second-order valence-corrected chi connectivity index (χ2v) is 6.33. The molecule has 0 aromatic carbocycles. The van der Waals surface area contributed by atoms with Crippen LogP contribution >= 0.6 is 11.3 Å². The summed E-state index contributed by atoms with van der Waals surface area (Å²) in [4.78, 5) is 13.7. The zero-order valence-corrected chi connectivity index (χ0v) is 13.4. The highest BCUT2D eigenvalue weighted by Crippen LogP contribution is 2.20. The minimum absolute atomic E-state index is 0.00319. The Hall–Kier alpha value is -1.31. The monoisotopic (exact) mass is 292 g/mol. The zero-order valence-electron chi connectivity index (χ0n) is 12.6. The number of unbranched alkanes of at least 4 members (excludes halogenated alkanes) is 1. The number of thiophene rings is 1. The Balaban J connectivity index is 2.44. The molecule has 0 bridgehead atoms. The van der Waals surface area contributed by atoms with Gasteiger partial charge in [-0.2, -0.15) is 0 Å². The molecule has 3 N–H and O–H groups in total. The first-order valence-corrected chi connectivity index (χ1v) is 7.93. The van der Waals surface area contributed by atoms with Gasteiger partial charge in [0.1, 0.15) is 0 Å². The Morgan fingerprint density at radius 2 is 2.20 bits per heavy atom. The first kappa shape index (κ1) is 16.7. The highest BCUT2D eigenvalue weighted by atomic mass is 32.1. The number of nitrogens with two attached hydrogens (primary N) is 1. The summed E-state index contributed by atoms with van der Waals surface area (Å²) in [5.41, 5.74) is 6.40. The third-order valence-electron chi connectivity index (χ3n) is 2.94. The molecule has 0 aliphatic heterocycles. The molecule has 0 spiro atoms. The lowest BCUT2D eigenvalue weighted by Gasteiger charge is -2.05. The van der Waals surface area contributed by atoms with Crippen LogP contribution in [0.15, 0.2) is 6.07 Å². The van der Waals surface area contributed by atoms with E-state index in [0.717, 1.165) is 40.6 Å². The van der Waals surface area contributed by atoms with Crippen molar-refractivity contribution in [2.24, 2.45) is 11.7 Å². The van der Waals surface area contributed by atoms with Gasteiger partial charge in [0.2, 0.25) is 0 Å². The van der Waals surface area contributed by atoms with E-state index in [1.54, 1.807) is 0 Å². The van der Waals surface area contributed by atoms with Crippen molar-refractivity contribution in [3.8, 4) is 11.8 Å². The molecular weight excluding hydrogens is 268 g/mol. The SMILES string of the molecule is Cc1cc(C(=O)NCCCCC(C)C)sc1C#CCN. The molecule has 4 heteroatoms. The second-order valence-electron chi connectivity index (χ2n) is 5.27. The predicted molar refractivity (Wildman–Crippen MR) is 86.0 cm³/mol. The van der Waals surface area contributed by atoms with Crippen molar-refractivity contribution >= 4 is 17.2 Å². The van der Waals surface area contributed by atoms with E-state index >= 15 is 0 Å². The Labute approximate surface area is 126 Å². The molecular formula is C16H24N2OS. The van der Waals surface area contributed by atoms with Crippen molar-refractivity contribution < 1.29 is 4.79 Å². The molecule has 1 aromatic heterocycles. The molecule has 1 heterocycles. The van der Waals surface area contributed by atoms with Gasteiger partial charge in [-0.15, -0.1) is 11.3 Å². The summed E-state index contributed by atoms with van der Waals surface area (Å²) >= 11 is 1.44. The highest BCUT2D eigenvalue weighted by Gasteiger charge is 2.10. The van der Waals surface area contributed by atoms with E-state index in [-0.39, 0.29) is 5.91 Å². The molecule has 0 atom stereocenters. The zero-order chi connectivity index (χ0) is 15.0. The van der Waals surface area contributed by atoms with Gasteiger partial charge in [0, 0.05) is 6.54 Å². The largest absolute Gasteiger partial charge is 0.351 e. The van der Waals surface area contributed by atoms with E-state index in [9.17, 15) is 4.79 Å². The smallest absolute Gasteiger partial charge is 0.261 e. The second kappa shape index (κ2) is 8.78. The third kappa shape index (κ3) is 5.77. The van der Waals surface area contributed by atoms with Gasteiger partial charge in [-0.25, -0.2) is 0 Å². The fourth-order valence-corrected chi connectivity index (χ4v) is 2.78. The average molecular weight is 292 g/mol. The summed E-state index contributed by atoms with van der Waals surface area (Å²) in [5, 5.41) is 2.97. The Morgan fingerprint density at radius 1 is 1.45 bits per heavy atom. The van der Waals surface area contributed by atoms with Crippen LogP contribution in [0.3, 0.4) is 0 Å². The molecule has 20 heavy (non-hydrogen) atoms. The molecule has 0 saturated carbocycles. The number of rotatable bonds is 6. The molecule has 0 radical (unpaired) electrons. The van der Waals surface area contributed by atoms with E-state index in [2.05, 4.69) is 31.0 Å². The number of aryl methyl sites for hydroxylation is 1. The number of hydrogen-bond donors (Lipinski definition) is 2. The van der Waals surface area contributed by atoms with Gasteiger partial charge >= 0.3 is 0 Å². The molecule has 0 fully saturated rings. The van der Waals surface area contributed by atoms with Crippen LogP contribution in [0, 0.1) is 24.7 Å². The summed E-state index contributed by atoms with van der Waals surface area (Å²) in [5.74, 6) is 6.56. The van der Waals surface area contributed by atoms with Crippen LogP contribution in [0.1, 0.15) is 53.2 Å². The lowest BCUT2D eigenvalue weighted by molar-refractivity contribution is 0.0957. The lowest BCUT2D eigenvalue weighted by Crippen LogP contribution is -2.23. The minimum Gasteiger partial charge on any atom is -0.351 e. The Kier molecular flexibility index (Phi) is 7.35.